The molecule has 0 unspecified atom stereocenters. The Kier molecular flexibility index (Phi) is 3.51. The third kappa shape index (κ3) is 2.51. The summed E-state index contributed by atoms with van der Waals surface area (Å²) >= 11 is 0. The average molecular weight is 274 g/mol. The van der Waals surface area contributed by atoms with Gasteiger partial charge in [0.15, 0.2) is 5.69 Å². The fraction of sp³-hybridized carbons (Fsp3) is 0.231. The lowest BCUT2D eigenvalue weighted by Gasteiger charge is -2.04. The number of hydrogen-bond acceptors (Lipinski definition) is 4. The van der Waals surface area contributed by atoms with Crippen LogP contribution in [0.1, 0.15) is 25.3 Å². The van der Waals surface area contributed by atoms with E-state index in [1.54, 1.807) is 6.07 Å². The van der Waals surface area contributed by atoms with Gasteiger partial charge in [-0.25, -0.2) is 0 Å². The summed E-state index contributed by atoms with van der Waals surface area (Å²) in [5.41, 5.74) is 6.60. The van der Waals surface area contributed by atoms with Gasteiger partial charge < -0.3 is 15.8 Å². The van der Waals surface area contributed by atoms with Gasteiger partial charge in [-0.2, -0.15) is 0 Å². The zero-order valence-electron chi connectivity index (χ0n) is 11.0. The van der Waals surface area contributed by atoms with Crippen molar-refractivity contribution in [2.75, 3.05) is 0 Å². The zero-order chi connectivity index (χ0) is 14.9. The van der Waals surface area contributed by atoms with E-state index in [0.717, 1.165) is 5.56 Å². The number of nitrogens with zero attached hydrogens (tertiary/aromatic N) is 2. The maximum atomic E-state index is 11.0. The molecule has 2 amide bonds. The molecule has 0 saturated carbocycles. The van der Waals surface area contributed by atoms with Crippen LogP contribution in [0.3, 0.4) is 0 Å². The van der Waals surface area contributed by atoms with Crippen LogP contribution in [0.2, 0.25) is 0 Å². The quantitative estimate of drug-likeness (QED) is 0.574. The summed E-state index contributed by atoms with van der Waals surface area (Å²) in [6.45, 7) is 4.07. The Hall–Kier alpha value is -2.70. The molecule has 0 spiro atoms. The van der Waals surface area contributed by atoms with E-state index in [9.17, 15) is 14.7 Å². The topological polar surface area (TPSA) is 121 Å². The Labute approximate surface area is 114 Å². The highest BCUT2D eigenvalue weighted by Gasteiger charge is 2.13. The number of rotatable bonds is 2. The molecular weight excluding hydrogens is 260 g/mol. The number of primary amides is 1. The first-order valence-corrected chi connectivity index (χ1v) is 6.00. The molecule has 104 valence electrons. The fourth-order valence-corrected chi connectivity index (χ4v) is 1.79. The first kappa shape index (κ1) is 13.7. The van der Waals surface area contributed by atoms with Crippen molar-refractivity contribution in [3.63, 3.8) is 0 Å². The molecule has 0 radical (unpaired) electrons. The van der Waals surface area contributed by atoms with Crippen LogP contribution < -0.4 is 5.73 Å². The number of benzene rings is 1. The largest absolute Gasteiger partial charge is 0.493 e. The number of nitrogens with two attached hydrogens (primary N) is 1. The van der Waals surface area contributed by atoms with E-state index < -0.39 is 11.8 Å². The van der Waals surface area contributed by atoms with Gasteiger partial charge in [-0.05, 0) is 23.6 Å². The third-order valence-corrected chi connectivity index (χ3v) is 2.89. The van der Waals surface area contributed by atoms with Gasteiger partial charge >= 0.3 is 11.8 Å². The maximum Gasteiger partial charge on any atom is 0.353 e. The number of nitrogens with one attached hydrogen (secondary N) is 1. The molecule has 7 nitrogen and oxygen atoms in total. The molecule has 1 heterocycles. The predicted molar refractivity (Wildman–Crippen MR) is 72.8 cm³/mol. The monoisotopic (exact) mass is 274 g/mol. The van der Waals surface area contributed by atoms with Crippen LogP contribution in [0.5, 0.6) is 5.88 Å². The van der Waals surface area contributed by atoms with E-state index in [-0.39, 0.29) is 11.6 Å². The molecule has 0 atom stereocenters. The molecule has 1 aromatic heterocycles. The molecular formula is C13H14N4O3. The van der Waals surface area contributed by atoms with Gasteiger partial charge in [0.2, 0.25) is 5.88 Å². The number of azo groups is 1. The molecule has 1 aromatic carbocycles. The second-order valence-corrected chi connectivity index (χ2v) is 4.65. The summed E-state index contributed by atoms with van der Waals surface area (Å²) in [5.74, 6) is -2.29. The minimum absolute atomic E-state index is 0.108. The number of aromatic nitrogens is 1. The van der Waals surface area contributed by atoms with Crippen molar-refractivity contribution in [1.29, 1.82) is 0 Å². The van der Waals surface area contributed by atoms with Crippen LogP contribution in [0, 0.1) is 0 Å². The second-order valence-electron chi connectivity index (χ2n) is 4.65. The summed E-state index contributed by atoms with van der Waals surface area (Å²) in [7, 11) is 0. The number of hydrogen-bond donors (Lipinski definition) is 3. The van der Waals surface area contributed by atoms with Crippen LogP contribution >= 0.6 is 0 Å². The van der Waals surface area contributed by atoms with Gasteiger partial charge in [0.1, 0.15) is 0 Å². The maximum absolute atomic E-state index is 11.0. The van der Waals surface area contributed by atoms with E-state index >= 15 is 0 Å². The fourth-order valence-electron chi connectivity index (χ4n) is 1.79. The summed E-state index contributed by atoms with van der Waals surface area (Å²) < 4.78 is 0. The summed E-state index contributed by atoms with van der Waals surface area (Å²) in [6.07, 6.45) is 0. The standard InChI is InChI=1S/C13H14N4O3/c1-6(2)7-3-4-9-8(5-7)10(12(19)15-9)16-17-13(20)11(14)18/h3-6,15,19H,1-2H3,(H2,14,18). The minimum Gasteiger partial charge on any atom is -0.493 e. The molecule has 0 aliphatic heterocycles. The van der Waals surface area contributed by atoms with Crippen molar-refractivity contribution in [2.45, 2.75) is 19.8 Å². The van der Waals surface area contributed by atoms with Crippen molar-refractivity contribution in [3.8, 4) is 5.88 Å². The first-order chi connectivity index (χ1) is 9.40. The van der Waals surface area contributed by atoms with Crippen LogP contribution in [0.15, 0.2) is 28.4 Å². The van der Waals surface area contributed by atoms with Crippen LogP contribution in [-0.2, 0) is 9.59 Å². The molecule has 0 fully saturated rings. The molecule has 0 aliphatic carbocycles. The Morgan fingerprint density at radius 2 is 2.05 bits per heavy atom. The molecule has 2 aromatic rings. The Morgan fingerprint density at radius 3 is 2.65 bits per heavy atom. The predicted octanol–water partition coefficient (Wildman–Crippen LogP) is 2.09. The van der Waals surface area contributed by atoms with E-state index in [1.807, 2.05) is 26.0 Å². The van der Waals surface area contributed by atoms with Crippen molar-refractivity contribution < 1.29 is 14.7 Å². The third-order valence-electron chi connectivity index (χ3n) is 2.89. The number of aromatic amines is 1. The highest BCUT2D eigenvalue weighted by atomic mass is 16.3. The van der Waals surface area contributed by atoms with Gasteiger partial charge in [0.25, 0.3) is 0 Å². The van der Waals surface area contributed by atoms with Crippen molar-refractivity contribution in [2.24, 2.45) is 16.0 Å². The molecule has 0 bridgehead atoms. The number of fused-ring (bicyclic) bond motifs is 1. The van der Waals surface area contributed by atoms with Gasteiger partial charge in [-0.3, -0.25) is 9.59 Å². The van der Waals surface area contributed by atoms with Gasteiger partial charge in [-0.1, -0.05) is 19.9 Å². The van der Waals surface area contributed by atoms with Crippen molar-refractivity contribution in [1.82, 2.24) is 4.98 Å². The SMILES string of the molecule is CC(C)c1ccc2[nH]c(O)c(N=NC(=O)C(N)=O)c2c1. The zero-order valence-corrected chi connectivity index (χ0v) is 11.0. The number of H-pyrrole nitrogens is 1. The lowest BCUT2D eigenvalue weighted by atomic mass is 10.0. The number of carbonyl (C=O) groups is 2. The van der Waals surface area contributed by atoms with Gasteiger partial charge in [0, 0.05) is 5.39 Å². The minimum atomic E-state index is -1.20. The van der Waals surface area contributed by atoms with E-state index in [0.29, 0.717) is 16.8 Å². The summed E-state index contributed by atoms with van der Waals surface area (Å²) in [5, 5.41) is 17.2. The van der Waals surface area contributed by atoms with E-state index in [4.69, 9.17) is 5.73 Å². The summed E-state index contributed by atoms with van der Waals surface area (Å²) in [4.78, 5) is 24.4. The normalized spacial score (nSPS) is 11.6. The molecule has 7 heteroatoms. The highest BCUT2D eigenvalue weighted by Crippen LogP contribution is 2.36. The summed E-state index contributed by atoms with van der Waals surface area (Å²) in [6, 6.07) is 5.58. The van der Waals surface area contributed by atoms with Gasteiger partial charge in [0.05, 0.1) is 5.52 Å². The number of amides is 2. The van der Waals surface area contributed by atoms with Crippen LogP contribution in [0.4, 0.5) is 5.69 Å². The molecule has 20 heavy (non-hydrogen) atoms. The van der Waals surface area contributed by atoms with Gasteiger partial charge in [-0.15, -0.1) is 10.2 Å². The Morgan fingerprint density at radius 1 is 1.35 bits per heavy atom. The van der Waals surface area contributed by atoms with Crippen LogP contribution in [-0.4, -0.2) is 21.9 Å². The van der Waals surface area contributed by atoms with Crippen LogP contribution in [0.25, 0.3) is 10.9 Å². The Balaban J connectivity index is 2.51. The second kappa shape index (κ2) is 5.12. The average Bonchev–Trinajstić information content (AvgIpc) is 2.70. The molecule has 2 rings (SSSR count). The first-order valence-electron chi connectivity index (χ1n) is 6.00. The van der Waals surface area contributed by atoms with E-state index in [1.165, 1.54) is 0 Å². The highest BCUT2D eigenvalue weighted by molar-refractivity contribution is 6.34. The number of aromatic hydroxyl groups is 1. The lowest BCUT2D eigenvalue weighted by molar-refractivity contribution is -0.135. The molecule has 4 N–H and O–H groups in total. The van der Waals surface area contributed by atoms with E-state index in [2.05, 4.69) is 15.2 Å². The van der Waals surface area contributed by atoms with Crippen molar-refractivity contribution in [3.05, 3.63) is 23.8 Å². The number of carbonyl (C=O) groups excluding carboxylic acids is 2. The molecule has 0 saturated heterocycles. The Bertz CT molecular complexity index is 716. The van der Waals surface area contributed by atoms with Crippen molar-refractivity contribution >= 4 is 28.4 Å². The lowest BCUT2D eigenvalue weighted by Crippen LogP contribution is -2.20. The smallest absolute Gasteiger partial charge is 0.353 e. The molecule has 0 aliphatic rings.